The molecule has 2 aromatic rings. The minimum Gasteiger partial charge on any atom is -0.339 e. The highest BCUT2D eigenvalue weighted by Gasteiger charge is 2.18. The fraction of sp³-hybridized carbons (Fsp3) is 0.588. The van der Waals surface area contributed by atoms with Crippen molar-refractivity contribution in [1.29, 1.82) is 0 Å². The second-order valence-corrected chi connectivity index (χ2v) is 6.05. The third kappa shape index (κ3) is 4.59. The lowest BCUT2D eigenvalue weighted by atomic mass is 10.0. The maximum atomic E-state index is 5.31. The molecule has 1 aliphatic heterocycles. The van der Waals surface area contributed by atoms with Crippen molar-refractivity contribution in [1.82, 2.24) is 25.3 Å². The topological polar surface area (TPSA) is 67.1 Å². The summed E-state index contributed by atoms with van der Waals surface area (Å²) in [7, 11) is 0. The first-order valence-electron chi connectivity index (χ1n) is 8.55. The van der Waals surface area contributed by atoms with E-state index in [-0.39, 0.29) is 0 Å². The lowest BCUT2D eigenvalue weighted by Gasteiger charge is -2.32. The van der Waals surface area contributed by atoms with Crippen LogP contribution in [0.25, 0.3) is 11.5 Å². The molecule has 0 aromatic carbocycles. The quantitative estimate of drug-likeness (QED) is 0.844. The highest BCUT2D eigenvalue weighted by molar-refractivity contribution is 5.46. The van der Waals surface area contributed by atoms with Gasteiger partial charge in [0.15, 0.2) is 0 Å². The van der Waals surface area contributed by atoms with E-state index >= 15 is 0 Å². The summed E-state index contributed by atoms with van der Waals surface area (Å²) in [4.78, 5) is 11.2. The van der Waals surface area contributed by atoms with Crippen LogP contribution >= 0.6 is 0 Å². The lowest BCUT2D eigenvalue weighted by Crippen LogP contribution is -2.43. The number of piperidine rings is 1. The third-order valence-electron chi connectivity index (χ3n) is 4.26. The Morgan fingerprint density at radius 2 is 2.17 bits per heavy atom. The first-order valence-corrected chi connectivity index (χ1v) is 8.55. The fourth-order valence-corrected chi connectivity index (χ4v) is 3.02. The van der Waals surface area contributed by atoms with Crippen LogP contribution in [0.3, 0.4) is 0 Å². The molecule has 1 fully saturated rings. The van der Waals surface area contributed by atoms with Gasteiger partial charge in [-0.05, 0) is 51.0 Å². The molecule has 124 valence electrons. The molecule has 2 aromatic heterocycles. The van der Waals surface area contributed by atoms with E-state index in [2.05, 4.69) is 32.3 Å². The van der Waals surface area contributed by atoms with Crippen molar-refractivity contribution in [2.24, 2.45) is 0 Å². The van der Waals surface area contributed by atoms with Crippen LogP contribution in [-0.2, 0) is 6.42 Å². The summed E-state index contributed by atoms with van der Waals surface area (Å²) >= 11 is 0. The molecule has 6 heteroatoms. The molecule has 0 bridgehead atoms. The van der Waals surface area contributed by atoms with Crippen LogP contribution in [-0.4, -0.2) is 52.2 Å². The molecule has 1 aliphatic rings. The van der Waals surface area contributed by atoms with E-state index < -0.39 is 0 Å². The summed E-state index contributed by atoms with van der Waals surface area (Å²) in [5.74, 6) is 1.23. The predicted molar refractivity (Wildman–Crippen MR) is 89.0 cm³/mol. The maximum Gasteiger partial charge on any atom is 0.228 e. The third-order valence-corrected chi connectivity index (χ3v) is 4.26. The van der Waals surface area contributed by atoms with Crippen LogP contribution in [0.5, 0.6) is 0 Å². The van der Waals surface area contributed by atoms with Crippen LogP contribution in [0.1, 0.15) is 32.1 Å². The number of hydrogen-bond donors (Lipinski definition) is 1. The van der Waals surface area contributed by atoms with E-state index in [1.165, 1.54) is 38.9 Å². The number of nitrogens with one attached hydrogen (secondary N) is 1. The van der Waals surface area contributed by atoms with E-state index in [0.717, 1.165) is 18.7 Å². The largest absolute Gasteiger partial charge is 0.339 e. The van der Waals surface area contributed by atoms with Crippen molar-refractivity contribution < 1.29 is 4.52 Å². The Bertz CT molecular complexity index is 578. The number of pyridine rings is 1. The minimum atomic E-state index is 0.563. The molecule has 1 N–H and O–H groups in total. The molecule has 0 spiro atoms. The van der Waals surface area contributed by atoms with Gasteiger partial charge in [-0.1, -0.05) is 18.1 Å². The molecule has 0 radical (unpaired) electrons. The molecule has 0 amide bonds. The van der Waals surface area contributed by atoms with Crippen LogP contribution in [0, 0.1) is 0 Å². The van der Waals surface area contributed by atoms with Crippen molar-refractivity contribution in [2.75, 3.05) is 26.2 Å². The standard InChI is InChI=1S/C17H25N5O/c1-2-11-22-12-7-14(8-13-22)18-10-6-16-20-17(21-23-16)15-5-3-4-9-19-15/h3-5,9,14,18H,2,6-8,10-13H2,1H3. The average molecular weight is 315 g/mol. The zero-order valence-electron chi connectivity index (χ0n) is 13.7. The predicted octanol–water partition coefficient (Wildman–Crippen LogP) is 2.14. The van der Waals surface area contributed by atoms with E-state index in [1.807, 2.05) is 18.2 Å². The van der Waals surface area contributed by atoms with Crippen molar-refractivity contribution in [3.05, 3.63) is 30.3 Å². The van der Waals surface area contributed by atoms with Gasteiger partial charge in [-0.15, -0.1) is 0 Å². The summed E-state index contributed by atoms with van der Waals surface area (Å²) < 4.78 is 5.31. The molecule has 1 saturated heterocycles. The van der Waals surface area contributed by atoms with E-state index in [0.29, 0.717) is 17.8 Å². The van der Waals surface area contributed by atoms with E-state index in [1.54, 1.807) is 6.20 Å². The van der Waals surface area contributed by atoms with Crippen molar-refractivity contribution in [3.63, 3.8) is 0 Å². The summed E-state index contributed by atoms with van der Waals surface area (Å²) in [6.07, 6.45) is 6.19. The zero-order chi connectivity index (χ0) is 15.9. The highest BCUT2D eigenvalue weighted by atomic mass is 16.5. The van der Waals surface area contributed by atoms with Gasteiger partial charge < -0.3 is 14.7 Å². The van der Waals surface area contributed by atoms with Gasteiger partial charge in [0.1, 0.15) is 5.69 Å². The molecule has 6 nitrogen and oxygen atoms in total. The summed E-state index contributed by atoms with van der Waals surface area (Å²) in [6, 6.07) is 6.29. The van der Waals surface area contributed by atoms with Gasteiger partial charge in [-0.2, -0.15) is 4.98 Å². The smallest absolute Gasteiger partial charge is 0.228 e. The van der Waals surface area contributed by atoms with Gasteiger partial charge in [-0.3, -0.25) is 4.98 Å². The second-order valence-electron chi connectivity index (χ2n) is 6.05. The van der Waals surface area contributed by atoms with E-state index in [9.17, 15) is 0 Å². The Kier molecular flexibility index (Phi) is 5.71. The molecular formula is C17H25N5O. The van der Waals surface area contributed by atoms with Crippen molar-refractivity contribution in [3.8, 4) is 11.5 Å². The Hall–Kier alpha value is -1.79. The summed E-state index contributed by atoms with van der Waals surface area (Å²) in [5.41, 5.74) is 0.749. The number of aromatic nitrogens is 3. The van der Waals surface area contributed by atoms with Crippen LogP contribution < -0.4 is 5.32 Å². The molecule has 23 heavy (non-hydrogen) atoms. The second kappa shape index (κ2) is 8.17. The van der Waals surface area contributed by atoms with Gasteiger partial charge in [-0.25, -0.2) is 0 Å². The Morgan fingerprint density at radius 3 is 2.91 bits per heavy atom. The minimum absolute atomic E-state index is 0.563. The molecular weight excluding hydrogens is 290 g/mol. The number of hydrogen-bond acceptors (Lipinski definition) is 6. The molecule has 0 saturated carbocycles. The SMILES string of the molecule is CCCN1CCC(NCCc2nc(-c3ccccn3)no2)CC1. The summed E-state index contributed by atoms with van der Waals surface area (Å²) in [6.45, 7) is 6.76. The van der Waals surface area contributed by atoms with Crippen molar-refractivity contribution in [2.45, 2.75) is 38.6 Å². The number of rotatable bonds is 7. The fourth-order valence-electron chi connectivity index (χ4n) is 3.02. The molecule has 3 rings (SSSR count). The summed E-state index contributed by atoms with van der Waals surface area (Å²) in [5, 5.41) is 7.61. The van der Waals surface area contributed by atoms with Crippen molar-refractivity contribution >= 4 is 0 Å². The van der Waals surface area contributed by atoms with E-state index in [4.69, 9.17) is 4.52 Å². The molecule has 0 unspecified atom stereocenters. The van der Waals surface area contributed by atoms with Crippen LogP contribution in [0.4, 0.5) is 0 Å². The Morgan fingerprint density at radius 1 is 1.30 bits per heavy atom. The highest BCUT2D eigenvalue weighted by Crippen LogP contribution is 2.13. The Balaban J connectivity index is 1.41. The maximum absolute atomic E-state index is 5.31. The van der Waals surface area contributed by atoms with Gasteiger partial charge >= 0.3 is 0 Å². The number of nitrogens with zero attached hydrogens (tertiary/aromatic N) is 4. The average Bonchev–Trinajstić information content (AvgIpc) is 3.06. The van der Waals surface area contributed by atoms with Gasteiger partial charge in [0.25, 0.3) is 0 Å². The lowest BCUT2D eigenvalue weighted by molar-refractivity contribution is 0.198. The van der Waals surface area contributed by atoms with Crippen LogP contribution in [0.15, 0.2) is 28.9 Å². The zero-order valence-corrected chi connectivity index (χ0v) is 13.7. The first kappa shape index (κ1) is 16.1. The van der Waals surface area contributed by atoms with Gasteiger partial charge in [0.05, 0.1) is 0 Å². The molecule has 0 atom stereocenters. The van der Waals surface area contributed by atoms with Crippen LogP contribution in [0.2, 0.25) is 0 Å². The monoisotopic (exact) mass is 315 g/mol. The van der Waals surface area contributed by atoms with Gasteiger partial charge in [0.2, 0.25) is 11.7 Å². The normalized spacial score (nSPS) is 16.7. The Labute approximate surface area is 137 Å². The number of likely N-dealkylation sites (tertiary alicyclic amines) is 1. The molecule has 0 aliphatic carbocycles. The first-order chi connectivity index (χ1) is 11.3. The van der Waals surface area contributed by atoms with Gasteiger partial charge in [0, 0.05) is 25.2 Å². The molecule has 3 heterocycles.